The van der Waals surface area contributed by atoms with Crippen molar-refractivity contribution in [1.29, 1.82) is 0 Å². The fourth-order valence-electron chi connectivity index (χ4n) is 3.42. The number of aliphatic hydroxyl groups excluding tert-OH is 1. The molecule has 3 aromatic rings. The molecule has 1 aromatic carbocycles. The molecule has 0 saturated carbocycles. The van der Waals surface area contributed by atoms with E-state index in [1.165, 1.54) is 47.6 Å². The first-order valence-electron chi connectivity index (χ1n) is 8.90. The Bertz CT molecular complexity index is 1100. The van der Waals surface area contributed by atoms with Crippen molar-refractivity contribution in [2.24, 2.45) is 0 Å². The Kier molecular flexibility index (Phi) is 4.87. The number of hydrogen-bond acceptors (Lipinski definition) is 5. The summed E-state index contributed by atoms with van der Waals surface area (Å²) in [6.45, 7) is 0.0462. The molecule has 4 rings (SSSR count). The summed E-state index contributed by atoms with van der Waals surface area (Å²) >= 11 is 0. The number of carbonyl (C=O) groups is 2. The third-order valence-electron chi connectivity index (χ3n) is 4.77. The Morgan fingerprint density at radius 2 is 1.76 bits per heavy atom. The lowest BCUT2D eigenvalue weighted by molar-refractivity contribution is -0.140. The van der Waals surface area contributed by atoms with E-state index >= 15 is 0 Å². The van der Waals surface area contributed by atoms with E-state index in [-0.39, 0.29) is 23.4 Å². The van der Waals surface area contributed by atoms with Crippen LogP contribution in [0.3, 0.4) is 0 Å². The topological polar surface area (TPSA) is 83.4 Å². The normalized spacial score (nSPS) is 18.2. The number of Topliss-reactive ketones (excluding diaryl/α,β-unsaturated/α-hetero) is 1. The third kappa shape index (κ3) is 3.38. The Morgan fingerprint density at radius 3 is 2.45 bits per heavy atom. The first kappa shape index (κ1) is 18.5. The quantitative estimate of drug-likeness (QED) is 0.421. The minimum absolute atomic E-state index is 0.0462. The van der Waals surface area contributed by atoms with Crippen LogP contribution in [0.25, 0.3) is 5.76 Å². The summed E-state index contributed by atoms with van der Waals surface area (Å²) in [6, 6.07) is 11.3. The van der Waals surface area contributed by atoms with E-state index in [0.717, 1.165) is 0 Å². The second-order valence-electron chi connectivity index (χ2n) is 6.55. The van der Waals surface area contributed by atoms with Crippen LogP contribution in [0, 0.1) is 5.82 Å². The minimum Gasteiger partial charge on any atom is -0.507 e. The number of hydrogen-bond donors (Lipinski definition) is 1. The Labute approximate surface area is 166 Å². The maximum atomic E-state index is 14.7. The van der Waals surface area contributed by atoms with Gasteiger partial charge in [0.15, 0.2) is 0 Å². The summed E-state index contributed by atoms with van der Waals surface area (Å²) in [4.78, 5) is 34.8. The zero-order valence-electron chi connectivity index (χ0n) is 15.2. The number of rotatable bonds is 4. The molecule has 3 heterocycles. The molecule has 7 heteroatoms. The van der Waals surface area contributed by atoms with Gasteiger partial charge in [0.1, 0.15) is 11.6 Å². The zero-order chi connectivity index (χ0) is 20.4. The lowest BCUT2D eigenvalue weighted by Crippen LogP contribution is -2.29. The number of benzene rings is 1. The molecular weight excluding hydrogens is 373 g/mol. The van der Waals surface area contributed by atoms with E-state index in [1.807, 2.05) is 0 Å². The molecule has 0 aliphatic carbocycles. The predicted molar refractivity (Wildman–Crippen MR) is 103 cm³/mol. The molecule has 1 aliphatic heterocycles. The van der Waals surface area contributed by atoms with E-state index in [9.17, 15) is 19.1 Å². The van der Waals surface area contributed by atoms with E-state index in [4.69, 9.17) is 0 Å². The molecule has 1 amide bonds. The maximum Gasteiger partial charge on any atom is 0.295 e. The van der Waals surface area contributed by atoms with Gasteiger partial charge in [-0.05, 0) is 29.8 Å². The SMILES string of the molecule is O=C1C(=O)N(Cc2cccnc2)C(c2ccccc2F)/C1=C(/O)c1ccncc1. The maximum absolute atomic E-state index is 14.7. The average molecular weight is 389 g/mol. The van der Waals surface area contributed by atoms with Gasteiger partial charge in [-0.1, -0.05) is 24.3 Å². The minimum atomic E-state index is -1.07. The Hall–Kier alpha value is -3.87. The number of halogens is 1. The third-order valence-corrected chi connectivity index (χ3v) is 4.77. The highest BCUT2D eigenvalue weighted by molar-refractivity contribution is 6.46. The van der Waals surface area contributed by atoms with Crippen LogP contribution >= 0.6 is 0 Å². The molecule has 144 valence electrons. The average Bonchev–Trinajstić information content (AvgIpc) is 3.00. The van der Waals surface area contributed by atoms with E-state index in [1.54, 1.807) is 30.6 Å². The van der Waals surface area contributed by atoms with Crippen LogP contribution in [0.2, 0.25) is 0 Å². The van der Waals surface area contributed by atoms with Gasteiger partial charge in [-0.15, -0.1) is 0 Å². The number of likely N-dealkylation sites (tertiary alicyclic amines) is 1. The van der Waals surface area contributed by atoms with Gasteiger partial charge in [0.25, 0.3) is 11.7 Å². The molecule has 6 nitrogen and oxygen atoms in total. The zero-order valence-corrected chi connectivity index (χ0v) is 15.2. The van der Waals surface area contributed by atoms with Crippen molar-refractivity contribution in [3.8, 4) is 0 Å². The molecule has 1 atom stereocenters. The molecule has 0 spiro atoms. The van der Waals surface area contributed by atoms with Gasteiger partial charge in [0.2, 0.25) is 0 Å². The van der Waals surface area contributed by atoms with Crippen LogP contribution in [-0.4, -0.2) is 31.7 Å². The summed E-state index contributed by atoms with van der Waals surface area (Å²) in [6.07, 6.45) is 6.08. The second-order valence-corrected chi connectivity index (χ2v) is 6.55. The van der Waals surface area contributed by atoms with Crippen LogP contribution in [-0.2, 0) is 16.1 Å². The molecule has 1 saturated heterocycles. The fourth-order valence-corrected chi connectivity index (χ4v) is 3.42. The number of pyridine rings is 2. The number of amides is 1. The van der Waals surface area contributed by atoms with E-state index < -0.39 is 23.5 Å². The number of nitrogens with zero attached hydrogens (tertiary/aromatic N) is 3. The molecule has 1 fully saturated rings. The van der Waals surface area contributed by atoms with Crippen molar-refractivity contribution >= 4 is 17.4 Å². The number of aromatic nitrogens is 2. The highest BCUT2D eigenvalue weighted by Gasteiger charge is 2.46. The highest BCUT2D eigenvalue weighted by atomic mass is 19.1. The van der Waals surface area contributed by atoms with Gasteiger partial charge in [-0.25, -0.2) is 4.39 Å². The molecule has 29 heavy (non-hydrogen) atoms. The van der Waals surface area contributed by atoms with Crippen LogP contribution in [0.5, 0.6) is 0 Å². The van der Waals surface area contributed by atoms with Gasteiger partial charge in [-0.2, -0.15) is 0 Å². The molecule has 0 bridgehead atoms. The highest BCUT2D eigenvalue weighted by Crippen LogP contribution is 2.40. The van der Waals surface area contributed by atoms with Crippen LogP contribution in [0.4, 0.5) is 4.39 Å². The van der Waals surface area contributed by atoms with E-state index in [0.29, 0.717) is 11.1 Å². The summed E-state index contributed by atoms with van der Waals surface area (Å²) in [5.41, 5.74) is 0.974. The fraction of sp³-hybridized carbons (Fsp3) is 0.0909. The van der Waals surface area contributed by atoms with Crippen LogP contribution < -0.4 is 0 Å². The van der Waals surface area contributed by atoms with Crippen molar-refractivity contribution in [3.05, 3.63) is 101 Å². The van der Waals surface area contributed by atoms with Crippen molar-refractivity contribution in [2.75, 3.05) is 0 Å². The number of aliphatic hydroxyl groups is 1. The summed E-state index contributed by atoms with van der Waals surface area (Å²) in [5.74, 6) is -2.61. The van der Waals surface area contributed by atoms with Gasteiger partial charge < -0.3 is 10.0 Å². The van der Waals surface area contributed by atoms with Gasteiger partial charge in [0.05, 0.1) is 11.6 Å². The summed E-state index contributed by atoms with van der Waals surface area (Å²) in [5, 5.41) is 10.8. The van der Waals surface area contributed by atoms with Gasteiger partial charge in [-0.3, -0.25) is 19.6 Å². The van der Waals surface area contributed by atoms with Crippen molar-refractivity contribution in [1.82, 2.24) is 14.9 Å². The van der Waals surface area contributed by atoms with Gasteiger partial charge >= 0.3 is 0 Å². The Balaban J connectivity index is 1.89. The summed E-state index contributed by atoms with van der Waals surface area (Å²) in [7, 11) is 0. The predicted octanol–water partition coefficient (Wildman–Crippen LogP) is 3.24. The Morgan fingerprint density at radius 1 is 1.00 bits per heavy atom. The largest absolute Gasteiger partial charge is 0.507 e. The molecule has 1 aliphatic rings. The first-order chi connectivity index (χ1) is 14.1. The van der Waals surface area contributed by atoms with Crippen molar-refractivity contribution in [2.45, 2.75) is 12.6 Å². The lowest BCUT2D eigenvalue weighted by atomic mass is 9.95. The van der Waals surface area contributed by atoms with Crippen LogP contribution in [0.15, 0.2) is 78.9 Å². The monoisotopic (exact) mass is 389 g/mol. The van der Waals surface area contributed by atoms with Crippen LogP contribution in [0.1, 0.15) is 22.7 Å². The standard InChI is InChI=1S/C22H16FN3O3/c23-17-6-2-1-5-16(17)19-18(20(27)15-7-10-24-11-8-15)21(28)22(29)26(19)13-14-4-3-9-25-12-14/h1-12,19,27H,13H2/b20-18-. The lowest BCUT2D eigenvalue weighted by Gasteiger charge is -2.25. The second kappa shape index (κ2) is 7.63. The van der Waals surface area contributed by atoms with E-state index in [2.05, 4.69) is 9.97 Å². The molecule has 1 N–H and O–H groups in total. The van der Waals surface area contributed by atoms with Crippen molar-refractivity contribution < 1.29 is 19.1 Å². The smallest absolute Gasteiger partial charge is 0.295 e. The van der Waals surface area contributed by atoms with Gasteiger partial charge in [0, 0.05) is 42.5 Å². The molecular formula is C22H16FN3O3. The molecule has 2 aromatic heterocycles. The number of carbonyl (C=O) groups excluding carboxylic acids is 2. The summed E-state index contributed by atoms with van der Waals surface area (Å²) < 4.78 is 14.7. The molecule has 0 radical (unpaired) electrons. The number of ketones is 1. The molecule has 1 unspecified atom stereocenters. The first-order valence-corrected chi connectivity index (χ1v) is 8.90. The van der Waals surface area contributed by atoms with Crippen molar-refractivity contribution in [3.63, 3.8) is 0 Å².